The summed E-state index contributed by atoms with van der Waals surface area (Å²) in [6.45, 7) is 6.88. The fourth-order valence-electron chi connectivity index (χ4n) is 3.30. The van der Waals surface area contributed by atoms with Crippen molar-refractivity contribution in [2.45, 2.75) is 46.1 Å². The zero-order chi connectivity index (χ0) is 13.3. The smallest absolute Gasteiger partial charge is 0.147 e. The van der Waals surface area contributed by atoms with Crippen LogP contribution in [0.4, 0.5) is 10.1 Å². The molecule has 0 amide bonds. The molecule has 18 heavy (non-hydrogen) atoms. The first-order chi connectivity index (χ1) is 8.37. The minimum Gasteiger partial charge on any atom is -0.379 e. The summed E-state index contributed by atoms with van der Waals surface area (Å²) in [5, 5.41) is 3.38. The molecule has 2 atom stereocenters. The predicted octanol–water partition coefficient (Wildman–Crippen LogP) is 5.21. The molecule has 100 valence electrons. The van der Waals surface area contributed by atoms with E-state index in [1.54, 1.807) is 6.07 Å². The Morgan fingerprint density at radius 1 is 1.33 bits per heavy atom. The highest BCUT2D eigenvalue weighted by Gasteiger charge is 2.32. The van der Waals surface area contributed by atoms with E-state index in [0.29, 0.717) is 23.1 Å². The fraction of sp³-hybridized carbons (Fsp3) is 0.600. The Morgan fingerprint density at radius 2 is 2.06 bits per heavy atom. The SMILES string of the molecule is CC1CC(Nc2c(F)cccc2Br)CC(C)(C)C1. The van der Waals surface area contributed by atoms with Gasteiger partial charge in [0.05, 0.1) is 5.69 Å². The van der Waals surface area contributed by atoms with E-state index in [9.17, 15) is 4.39 Å². The van der Waals surface area contributed by atoms with Gasteiger partial charge in [0.1, 0.15) is 5.82 Å². The van der Waals surface area contributed by atoms with Gasteiger partial charge in [-0.2, -0.15) is 0 Å². The number of para-hydroxylation sites is 1. The summed E-state index contributed by atoms with van der Waals surface area (Å²) in [5.74, 6) is 0.511. The molecule has 1 aromatic carbocycles. The molecule has 0 aromatic heterocycles. The van der Waals surface area contributed by atoms with Gasteiger partial charge < -0.3 is 5.32 Å². The van der Waals surface area contributed by atoms with Crippen molar-refractivity contribution in [2.24, 2.45) is 11.3 Å². The fourth-order valence-corrected chi connectivity index (χ4v) is 3.75. The minimum absolute atomic E-state index is 0.180. The number of nitrogens with one attached hydrogen (secondary N) is 1. The van der Waals surface area contributed by atoms with E-state index < -0.39 is 0 Å². The van der Waals surface area contributed by atoms with Crippen molar-refractivity contribution in [3.8, 4) is 0 Å². The Kier molecular flexibility index (Phi) is 4.00. The first kappa shape index (κ1) is 13.9. The molecule has 1 aliphatic rings. The van der Waals surface area contributed by atoms with Gasteiger partial charge in [-0.05, 0) is 58.7 Å². The topological polar surface area (TPSA) is 12.0 Å². The van der Waals surface area contributed by atoms with Crippen LogP contribution in [0.3, 0.4) is 0 Å². The van der Waals surface area contributed by atoms with Gasteiger partial charge in [-0.1, -0.05) is 26.8 Å². The zero-order valence-electron chi connectivity index (χ0n) is 11.3. The van der Waals surface area contributed by atoms with Crippen LogP contribution in [-0.2, 0) is 0 Å². The molecule has 1 aromatic rings. The van der Waals surface area contributed by atoms with Crippen LogP contribution in [0.1, 0.15) is 40.0 Å². The van der Waals surface area contributed by atoms with Crippen LogP contribution in [0, 0.1) is 17.2 Å². The van der Waals surface area contributed by atoms with Crippen LogP contribution in [0.2, 0.25) is 0 Å². The van der Waals surface area contributed by atoms with Crippen LogP contribution >= 0.6 is 15.9 Å². The molecule has 0 heterocycles. The van der Waals surface area contributed by atoms with Crippen molar-refractivity contribution in [3.63, 3.8) is 0 Å². The van der Waals surface area contributed by atoms with Crippen LogP contribution < -0.4 is 5.32 Å². The Morgan fingerprint density at radius 3 is 2.67 bits per heavy atom. The van der Waals surface area contributed by atoms with Crippen LogP contribution in [-0.4, -0.2) is 6.04 Å². The summed E-state index contributed by atoms with van der Waals surface area (Å²) >= 11 is 3.42. The number of benzene rings is 1. The van der Waals surface area contributed by atoms with Gasteiger partial charge in [0, 0.05) is 10.5 Å². The summed E-state index contributed by atoms with van der Waals surface area (Å²) in [4.78, 5) is 0. The average molecular weight is 314 g/mol. The molecular formula is C15H21BrFN. The van der Waals surface area contributed by atoms with Gasteiger partial charge in [-0.15, -0.1) is 0 Å². The van der Waals surface area contributed by atoms with Gasteiger partial charge >= 0.3 is 0 Å². The second-order valence-electron chi connectivity index (χ2n) is 6.35. The van der Waals surface area contributed by atoms with Crippen LogP contribution in [0.5, 0.6) is 0 Å². The summed E-state index contributed by atoms with van der Waals surface area (Å²) < 4.78 is 14.6. The third-order valence-corrected chi connectivity index (χ3v) is 4.36. The van der Waals surface area contributed by atoms with E-state index in [2.05, 4.69) is 42.0 Å². The van der Waals surface area contributed by atoms with Crippen molar-refractivity contribution < 1.29 is 4.39 Å². The molecule has 2 unspecified atom stereocenters. The van der Waals surface area contributed by atoms with Crippen molar-refractivity contribution in [2.75, 3.05) is 5.32 Å². The molecule has 1 saturated carbocycles. The summed E-state index contributed by atoms with van der Waals surface area (Å²) in [7, 11) is 0. The molecule has 1 aliphatic carbocycles. The molecule has 1 N–H and O–H groups in total. The summed E-state index contributed by atoms with van der Waals surface area (Å²) in [6, 6.07) is 5.46. The van der Waals surface area contributed by atoms with E-state index in [1.165, 1.54) is 12.5 Å². The highest BCUT2D eigenvalue weighted by Crippen LogP contribution is 2.40. The monoisotopic (exact) mass is 313 g/mol. The van der Waals surface area contributed by atoms with Crippen molar-refractivity contribution >= 4 is 21.6 Å². The van der Waals surface area contributed by atoms with Crippen LogP contribution in [0.25, 0.3) is 0 Å². The van der Waals surface area contributed by atoms with Crippen molar-refractivity contribution in [3.05, 3.63) is 28.5 Å². The van der Waals surface area contributed by atoms with E-state index in [1.807, 2.05) is 6.07 Å². The third kappa shape index (κ3) is 3.25. The molecule has 0 spiro atoms. The Balaban J connectivity index is 2.14. The molecule has 0 saturated heterocycles. The summed E-state index contributed by atoms with van der Waals surface area (Å²) in [5.41, 5.74) is 0.944. The molecular weight excluding hydrogens is 293 g/mol. The van der Waals surface area contributed by atoms with Crippen LogP contribution in [0.15, 0.2) is 22.7 Å². The number of rotatable bonds is 2. The van der Waals surface area contributed by atoms with Gasteiger partial charge in [0.15, 0.2) is 0 Å². The van der Waals surface area contributed by atoms with E-state index in [4.69, 9.17) is 0 Å². The lowest BCUT2D eigenvalue weighted by atomic mass is 9.70. The number of halogens is 2. The van der Waals surface area contributed by atoms with Gasteiger partial charge in [-0.25, -0.2) is 4.39 Å². The number of hydrogen-bond acceptors (Lipinski definition) is 1. The Hall–Kier alpha value is -0.570. The van der Waals surface area contributed by atoms with Gasteiger partial charge in [0.25, 0.3) is 0 Å². The van der Waals surface area contributed by atoms with Gasteiger partial charge in [-0.3, -0.25) is 0 Å². The minimum atomic E-state index is -0.180. The Bertz CT molecular complexity index is 410. The highest BCUT2D eigenvalue weighted by molar-refractivity contribution is 9.10. The van der Waals surface area contributed by atoms with E-state index in [-0.39, 0.29) is 5.82 Å². The van der Waals surface area contributed by atoms with Crippen molar-refractivity contribution in [1.29, 1.82) is 0 Å². The lowest BCUT2D eigenvalue weighted by Gasteiger charge is -2.39. The number of hydrogen-bond donors (Lipinski definition) is 1. The maximum atomic E-state index is 13.8. The maximum Gasteiger partial charge on any atom is 0.147 e. The lowest BCUT2D eigenvalue weighted by molar-refractivity contribution is 0.177. The first-order valence-electron chi connectivity index (χ1n) is 6.58. The summed E-state index contributed by atoms with van der Waals surface area (Å²) in [6.07, 6.45) is 3.46. The molecule has 1 nitrogen and oxygen atoms in total. The zero-order valence-corrected chi connectivity index (χ0v) is 12.8. The molecule has 0 radical (unpaired) electrons. The number of anilines is 1. The average Bonchev–Trinajstić information content (AvgIpc) is 2.21. The molecule has 2 rings (SSSR count). The van der Waals surface area contributed by atoms with E-state index in [0.717, 1.165) is 17.3 Å². The third-order valence-electron chi connectivity index (χ3n) is 3.70. The first-order valence-corrected chi connectivity index (χ1v) is 7.37. The predicted molar refractivity (Wildman–Crippen MR) is 78.3 cm³/mol. The normalized spacial score (nSPS) is 26.9. The lowest BCUT2D eigenvalue weighted by Crippen LogP contribution is -2.35. The standard InChI is InChI=1S/C15H21BrFN/c1-10-7-11(9-15(2,3)8-10)18-14-12(16)5-4-6-13(14)17/h4-6,10-11,18H,7-9H2,1-3H3. The van der Waals surface area contributed by atoms with Crippen molar-refractivity contribution in [1.82, 2.24) is 0 Å². The largest absolute Gasteiger partial charge is 0.379 e. The second kappa shape index (κ2) is 5.20. The molecule has 1 fully saturated rings. The maximum absolute atomic E-state index is 13.8. The Labute approximate surface area is 117 Å². The van der Waals surface area contributed by atoms with E-state index >= 15 is 0 Å². The molecule has 3 heteroatoms. The molecule has 0 aliphatic heterocycles. The quantitative estimate of drug-likeness (QED) is 0.789. The molecule has 0 bridgehead atoms. The second-order valence-corrected chi connectivity index (χ2v) is 7.21. The highest BCUT2D eigenvalue weighted by atomic mass is 79.9. The van der Waals surface area contributed by atoms with Gasteiger partial charge in [0.2, 0.25) is 0 Å².